The minimum Gasteiger partial charge on any atom is -0.489 e. The Kier molecular flexibility index (Phi) is 6.86. The summed E-state index contributed by atoms with van der Waals surface area (Å²) in [5, 5.41) is 22.1. The second kappa shape index (κ2) is 10.5. The average molecular weight is 642 g/mol. The summed E-state index contributed by atoms with van der Waals surface area (Å²) < 4.78 is 6.26. The highest BCUT2D eigenvalue weighted by Gasteiger charge is 2.69. The van der Waals surface area contributed by atoms with Gasteiger partial charge in [-0.05, 0) is 36.3 Å². The van der Waals surface area contributed by atoms with Gasteiger partial charge in [-0.1, -0.05) is 41.1 Å². The fourth-order valence-corrected chi connectivity index (χ4v) is 10.7. The quantitative estimate of drug-likeness (QED) is 0.205. The summed E-state index contributed by atoms with van der Waals surface area (Å²) in [5.41, 5.74) is 1.14. The van der Waals surface area contributed by atoms with Gasteiger partial charge in [-0.15, -0.1) is 11.8 Å². The second-order valence-corrected chi connectivity index (χ2v) is 13.9. The van der Waals surface area contributed by atoms with Crippen molar-refractivity contribution in [3.63, 3.8) is 0 Å². The van der Waals surface area contributed by atoms with E-state index < -0.39 is 28.6 Å². The molecule has 3 heterocycles. The number of hydrogen-bond acceptors (Lipinski definition) is 9. The largest absolute Gasteiger partial charge is 0.489 e. The lowest BCUT2D eigenvalue weighted by atomic mass is 9.68. The number of thiazole rings is 1. The van der Waals surface area contributed by atoms with Gasteiger partial charge in [0.15, 0.2) is 0 Å². The van der Waals surface area contributed by atoms with Gasteiger partial charge in [0.2, 0.25) is 11.8 Å². The number of nitrogens with zero attached hydrogens (tertiary/aromatic N) is 2. The molecule has 1 aromatic heterocycles. The third kappa shape index (κ3) is 4.47. The van der Waals surface area contributed by atoms with Crippen LogP contribution in [0.1, 0.15) is 34.8 Å². The Morgan fingerprint density at radius 3 is 2.60 bits per heavy atom. The zero-order valence-electron chi connectivity index (χ0n) is 22.3. The predicted molar refractivity (Wildman–Crippen MR) is 156 cm³/mol. The average Bonchev–Trinajstić information content (AvgIpc) is 3.70. The number of amides is 2. The van der Waals surface area contributed by atoms with E-state index in [1.807, 2.05) is 12.1 Å². The van der Waals surface area contributed by atoms with E-state index in [1.165, 1.54) is 23.9 Å². The van der Waals surface area contributed by atoms with E-state index in [0.717, 1.165) is 26.7 Å². The Labute approximate surface area is 257 Å². The number of carboxylic acids is 1. The molecule has 2 bridgehead atoms. The first-order valence-corrected chi connectivity index (χ1v) is 15.8. The molecule has 2 N–H and O–H groups in total. The standard InChI is InChI=1S/C29H24ClN3O8S2/c30-17-4-2-1-3-12(17)11-41-18-6-5-13(33(39)40)9-14(18)20-21-15-10-16(24(21)42-26-25(20)43-29(38)31-26)23-22(15)27(36)32(28(23)37)8-7-19(34)35/h1-6,9,15-16,20-24H,7-8,10-11H2,(H,31,38)(H,34,35)/t15-,16+,20+,21+,22+,23+,24-/m0/s1. The molecule has 0 radical (unpaired) electrons. The van der Waals surface area contributed by atoms with Gasteiger partial charge in [0, 0.05) is 50.9 Å². The van der Waals surface area contributed by atoms with Crippen LogP contribution < -0.4 is 9.61 Å². The first-order valence-electron chi connectivity index (χ1n) is 13.7. The minimum absolute atomic E-state index is 0.110. The van der Waals surface area contributed by atoms with Crippen molar-refractivity contribution < 1.29 is 29.2 Å². The van der Waals surface area contributed by atoms with Crippen molar-refractivity contribution in [2.75, 3.05) is 6.54 Å². The molecule has 11 nitrogen and oxygen atoms in total. The summed E-state index contributed by atoms with van der Waals surface area (Å²) in [4.78, 5) is 66.8. The lowest BCUT2D eigenvalue weighted by molar-refractivity contribution is -0.385. The number of halogens is 1. The number of carbonyl (C=O) groups is 3. The van der Waals surface area contributed by atoms with Crippen molar-refractivity contribution in [2.45, 2.75) is 35.6 Å². The number of nitro benzene ring substituents is 1. The van der Waals surface area contributed by atoms with Gasteiger partial charge in [0.25, 0.3) is 5.69 Å². The number of benzene rings is 2. The number of carboxylic acid groups (broad SMARTS) is 1. The topological polar surface area (TPSA) is 160 Å². The number of aromatic nitrogens is 1. The Morgan fingerprint density at radius 1 is 1.14 bits per heavy atom. The number of nitro groups is 1. The van der Waals surface area contributed by atoms with Gasteiger partial charge in [-0.3, -0.25) is 34.2 Å². The number of H-pyrrole nitrogens is 1. The van der Waals surface area contributed by atoms with Crippen LogP contribution in [0.15, 0.2) is 52.3 Å². The zero-order chi connectivity index (χ0) is 30.2. The Hall–Kier alpha value is -3.68. The number of nitrogens with one attached hydrogen (secondary N) is 1. The first kappa shape index (κ1) is 28.1. The summed E-state index contributed by atoms with van der Waals surface area (Å²) in [7, 11) is 0. The van der Waals surface area contributed by atoms with Crippen LogP contribution in [-0.2, 0) is 21.0 Å². The number of carbonyl (C=O) groups excluding carboxylic acids is 2. The number of imide groups is 1. The van der Waals surface area contributed by atoms with E-state index in [0.29, 0.717) is 27.8 Å². The van der Waals surface area contributed by atoms with E-state index in [2.05, 4.69) is 4.98 Å². The first-order chi connectivity index (χ1) is 20.6. The van der Waals surface area contributed by atoms with Crippen LogP contribution in [-0.4, -0.2) is 49.5 Å². The molecule has 1 saturated heterocycles. The molecule has 43 heavy (non-hydrogen) atoms. The van der Waals surface area contributed by atoms with E-state index >= 15 is 0 Å². The van der Waals surface area contributed by atoms with E-state index in [-0.39, 0.29) is 65.0 Å². The number of thioether (sulfide) groups is 1. The molecule has 2 amide bonds. The van der Waals surface area contributed by atoms with Gasteiger partial charge in [-0.2, -0.15) is 0 Å². The van der Waals surface area contributed by atoms with Gasteiger partial charge in [0.05, 0.1) is 28.2 Å². The van der Waals surface area contributed by atoms with Crippen LogP contribution in [0.2, 0.25) is 5.02 Å². The Bertz CT molecular complexity index is 1760. The molecule has 2 aliphatic heterocycles. The smallest absolute Gasteiger partial charge is 0.305 e. The summed E-state index contributed by atoms with van der Waals surface area (Å²) >= 11 is 8.89. The number of aromatic amines is 1. The summed E-state index contributed by atoms with van der Waals surface area (Å²) in [6.07, 6.45) is 0.303. The number of non-ortho nitro benzene ring substituents is 1. The minimum atomic E-state index is -1.09. The molecule has 3 fully saturated rings. The maximum atomic E-state index is 13.6. The van der Waals surface area contributed by atoms with Crippen LogP contribution in [0.5, 0.6) is 5.75 Å². The fraction of sp³-hybridized carbons (Fsp3) is 0.379. The van der Waals surface area contributed by atoms with Crippen molar-refractivity contribution in [3.8, 4) is 5.75 Å². The highest BCUT2D eigenvalue weighted by Crippen LogP contribution is 2.69. The summed E-state index contributed by atoms with van der Waals surface area (Å²) in [6, 6.07) is 11.6. The maximum Gasteiger partial charge on any atom is 0.305 e. The number of aliphatic carboxylic acids is 1. The number of fused-ring (bicyclic) bond motifs is 9. The van der Waals surface area contributed by atoms with Crippen molar-refractivity contribution in [2.24, 2.45) is 29.6 Å². The van der Waals surface area contributed by atoms with Crippen molar-refractivity contribution in [1.29, 1.82) is 0 Å². The third-order valence-electron chi connectivity index (χ3n) is 9.24. The summed E-state index contributed by atoms with van der Waals surface area (Å²) in [6.45, 7) is -0.0600. The summed E-state index contributed by atoms with van der Waals surface area (Å²) in [5.74, 6) is -3.62. The van der Waals surface area contributed by atoms with Crippen LogP contribution in [0.4, 0.5) is 5.69 Å². The fourth-order valence-electron chi connectivity index (χ4n) is 7.65. The normalized spacial score (nSPS) is 28.5. The molecular weight excluding hydrogens is 618 g/mol. The molecule has 0 spiro atoms. The van der Waals surface area contributed by atoms with E-state index in [4.69, 9.17) is 21.4 Å². The zero-order valence-corrected chi connectivity index (χ0v) is 24.7. The SMILES string of the molecule is O=C(O)CCN1C(=O)[C@@H]2[C@H]3C[C@@H]([C@@H]4Sc5[nH]c(=O)sc5[C@H](c5cc([N+](=O)[O-])ccc5OCc5ccccc5Cl)[C@@H]34)[C@H]2C1=O. The molecule has 14 heteroatoms. The van der Waals surface area contributed by atoms with Crippen molar-refractivity contribution >= 4 is 58.2 Å². The molecule has 2 aromatic carbocycles. The highest BCUT2D eigenvalue weighted by molar-refractivity contribution is 8.00. The molecule has 7 rings (SSSR count). The van der Waals surface area contributed by atoms with Gasteiger partial charge in [-0.25, -0.2) is 0 Å². The molecule has 2 saturated carbocycles. The molecule has 2 aliphatic carbocycles. The number of hydrogen-bond donors (Lipinski definition) is 2. The van der Waals surface area contributed by atoms with Crippen molar-refractivity contribution in [1.82, 2.24) is 9.88 Å². The van der Waals surface area contributed by atoms with Crippen LogP contribution in [0.3, 0.4) is 0 Å². The molecule has 3 aromatic rings. The van der Waals surface area contributed by atoms with Gasteiger partial charge >= 0.3 is 10.8 Å². The lowest BCUT2D eigenvalue weighted by Crippen LogP contribution is -2.42. The second-order valence-electron chi connectivity index (χ2n) is 11.3. The number of ether oxygens (including phenoxy) is 1. The Balaban J connectivity index is 1.31. The number of rotatable bonds is 8. The third-order valence-corrected chi connectivity index (χ3v) is 12.2. The van der Waals surface area contributed by atoms with Gasteiger partial charge in [0.1, 0.15) is 12.4 Å². The monoisotopic (exact) mass is 641 g/mol. The molecule has 222 valence electrons. The van der Waals surface area contributed by atoms with E-state index in [9.17, 15) is 29.3 Å². The maximum absolute atomic E-state index is 13.6. The lowest BCUT2D eigenvalue weighted by Gasteiger charge is -2.43. The van der Waals surface area contributed by atoms with Gasteiger partial charge < -0.3 is 14.8 Å². The molecule has 0 unspecified atom stereocenters. The number of likely N-dealkylation sites (tertiary alicyclic amines) is 1. The van der Waals surface area contributed by atoms with Crippen LogP contribution in [0.25, 0.3) is 0 Å². The van der Waals surface area contributed by atoms with Crippen LogP contribution in [0, 0.1) is 39.7 Å². The van der Waals surface area contributed by atoms with Crippen molar-refractivity contribution in [3.05, 3.63) is 83.3 Å². The molecule has 7 atom stereocenters. The molecular formula is C29H24ClN3O8S2. The Morgan fingerprint density at radius 2 is 1.88 bits per heavy atom. The molecule has 4 aliphatic rings. The van der Waals surface area contributed by atoms with Crippen LogP contribution >= 0.6 is 34.7 Å². The highest BCUT2D eigenvalue weighted by atomic mass is 35.5. The predicted octanol–water partition coefficient (Wildman–Crippen LogP) is 4.53. The van der Waals surface area contributed by atoms with E-state index in [1.54, 1.807) is 18.2 Å².